The summed E-state index contributed by atoms with van der Waals surface area (Å²) in [5.74, 6) is 2.40. The van der Waals surface area contributed by atoms with Gasteiger partial charge >= 0.3 is 0 Å². The second-order valence-electron chi connectivity index (χ2n) is 9.29. The first-order valence-corrected chi connectivity index (χ1v) is 12.9. The van der Waals surface area contributed by atoms with Gasteiger partial charge in [-0.2, -0.15) is 0 Å². The molecule has 0 saturated heterocycles. The Morgan fingerprint density at radius 2 is 1.78 bits per heavy atom. The number of ether oxygens (including phenoxy) is 2. The highest BCUT2D eigenvalue weighted by Gasteiger charge is 2.28. The number of rotatable bonds is 7. The second kappa shape index (κ2) is 9.99. The zero-order valence-corrected chi connectivity index (χ0v) is 21.1. The molecule has 1 saturated carbocycles. The molecule has 0 unspecified atom stereocenters. The van der Waals surface area contributed by atoms with E-state index in [0.717, 1.165) is 44.7 Å². The molecule has 1 aromatic heterocycles. The van der Waals surface area contributed by atoms with Crippen molar-refractivity contribution in [3.8, 4) is 27.7 Å². The number of benzene rings is 3. The average Bonchev–Trinajstić information content (AvgIpc) is 3.67. The second-order valence-corrected chi connectivity index (χ2v) is 10.3. The van der Waals surface area contributed by atoms with Crippen LogP contribution in [0.3, 0.4) is 0 Å². The van der Waals surface area contributed by atoms with Gasteiger partial charge in [0.2, 0.25) is 5.90 Å². The van der Waals surface area contributed by atoms with Crippen LogP contribution in [0.25, 0.3) is 26.6 Å². The van der Waals surface area contributed by atoms with Gasteiger partial charge in [-0.3, -0.25) is 10.8 Å². The van der Waals surface area contributed by atoms with E-state index >= 15 is 0 Å². The van der Waals surface area contributed by atoms with Gasteiger partial charge in [0.15, 0.2) is 11.6 Å². The van der Waals surface area contributed by atoms with Gasteiger partial charge in [-0.25, -0.2) is 0 Å². The van der Waals surface area contributed by atoms with Crippen molar-refractivity contribution in [2.24, 2.45) is 5.92 Å². The van der Waals surface area contributed by atoms with Crippen LogP contribution >= 0.6 is 11.3 Å². The fraction of sp³-hybridized carbons (Fsp3) is 0.200. The van der Waals surface area contributed by atoms with Crippen molar-refractivity contribution in [1.29, 1.82) is 10.8 Å². The van der Waals surface area contributed by atoms with Gasteiger partial charge in [0, 0.05) is 22.1 Å². The Morgan fingerprint density at radius 3 is 2.50 bits per heavy atom. The van der Waals surface area contributed by atoms with E-state index in [2.05, 4.69) is 32.0 Å². The number of hydrogen-bond acceptors (Lipinski definition) is 6. The maximum absolute atomic E-state index is 10.1. The van der Waals surface area contributed by atoms with Gasteiger partial charge in [-0.1, -0.05) is 50.2 Å². The van der Waals surface area contributed by atoms with E-state index < -0.39 is 0 Å². The predicted molar refractivity (Wildman–Crippen MR) is 148 cm³/mol. The van der Waals surface area contributed by atoms with Gasteiger partial charge in [0.1, 0.15) is 11.5 Å². The van der Waals surface area contributed by atoms with Gasteiger partial charge in [0.25, 0.3) is 0 Å². The molecule has 0 spiro atoms. The molecule has 1 aliphatic rings. The van der Waals surface area contributed by atoms with Crippen molar-refractivity contribution < 1.29 is 14.6 Å². The summed E-state index contributed by atoms with van der Waals surface area (Å²) in [5, 5.41) is 26.7. The Kier molecular flexibility index (Phi) is 6.61. The molecule has 4 aromatic rings. The average molecular weight is 497 g/mol. The summed E-state index contributed by atoms with van der Waals surface area (Å²) in [4.78, 5) is 1.03. The Hall–Kier alpha value is -3.90. The SMILES string of the molecule is CC(C)c1ccccc1-c1sc2cc(O)ccc2c1Oc1ccc(/C=C/C(=N)OC(=N)C2CC2)cc1. The van der Waals surface area contributed by atoms with E-state index in [0.29, 0.717) is 11.7 Å². The molecule has 0 radical (unpaired) electrons. The molecule has 36 heavy (non-hydrogen) atoms. The molecule has 5 nitrogen and oxygen atoms in total. The highest BCUT2D eigenvalue weighted by molar-refractivity contribution is 7.22. The third-order valence-electron chi connectivity index (χ3n) is 6.15. The zero-order valence-electron chi connectivity index (χ0n) is 20.2. The fourth-order valence-corrected chi connectivity index (χ4v) is 5.28. The number of phenols is 1. The molecular formula is C30H28N2O3S. The molecule has 1 heterocycles. The summed E-state index contributed by atoms with van der Waals surface area (Å²) in [6, 6.07) is 21.4. The van der Waals surface area contributed by atoms with E-state index in [1.54, 1.807) is 35.6 Å². The number of hydrogen-bond donors (Lipinski definition) is 3. The van der Waals surface area contributed by atoms with Crippen LogP contribution in [-0.2, 0) is 4.74 Å². The van der Waals surface area contributed by atoms with Crippen molar-refractivity contribution >= 4 is 39.3 Å². The first-order chi connectivity index (χ1) is 17.4. The minimum atomic E-state index is -0.0336. The first kappa shape index (κ1) is 23.8. The number of aromatic hydroxyl groups is 1. The van der Waals surface area contributed by atoms with E-state index in [9.17, 15) is 5.11 Å². The lowest BCUT2D eigenvalue weighted by atomic mass is 9.96. The Morgan fingerprint density at radius 1 is 1.03 bits per heavy atom. The molecule has 0 aliphatic heterocycles. The maximum Gasteiger partial charge on any atom is 0.213 e. The first-order valence-electron chi connectivity index (χ1n) is 12.0. The Labute approximate surface area is 214 Å². The van der Waals surface area contributed by atoms with E-state index in [1.807, 2.05) is 36.4 Å². The predicted octanol–water partition coefficient (Wildman–Crippen LogP) is 8.58. The van der Waals surface area contributed by atoms with Crippen molar-refractivity contribution in [3.05, 3.63) is 83.9 Å². The highest BCUT2D eigenvalue weighted by atomic mass is 32.1. The normalized spacial score (nSPS) is 13.4. The van der Waals surface area contributed by atoms with Crippen LogP contribution in [0.5, 0.6) is 17.2 Å². The molecular weight excluding hydrogens is 468 g/mol. The summed E-state index contributed by atoms with van der Waals surface area (Å²) in [7, 11) is 0. The van der Waals surface area contributed by atoms with Crippen molar-refractivity contribution in [1.82, 2.24) is 0 Å². The van der Waals surface area contributed by atoms with Gasteiger partial charge < -0.3 is 14.6 Å². The minimum Gasteiger partial charge on any atom is -0.508 e. The molecule has 0 atom stereocenters. The quantitative estimate of drug-likeness (QED) is 0.177. The number of phenolic OH excluding ortho intramolecular Hbond substituents is 1. The minimum absolute atomic E-state index is 0.0336. The summed E-state index contributed by atoms with van der Waals surface area (Å²) < 4.78 is 12.7. The highest BCUT2D eigenvalue weighted by Crippen LogP contribution is 2.48. The Bertz CT molecular complexity index is 1460. The maximum atomic E-state index is 10.1. The van der Waals surface area contributed by atoms with Crippen LogP contribution in [0, 0.1) is 16.7 Å². The van der Waals surface area contributed by atoms with E-state index in [-0.39, 0.29) is 23.5 Å². The van der Waals surface area contributed by atoms with Crippen molar-refractivity contribution in [3.63, 3.8) is 0 Å². The lowest BCUT2D eigenvalue weighted by Crippen LogP contribution is -2.09. The summed E-state index contributed by atoms with van der Waals surface area (Å²) in [6.07, 6.45) is 5.30. The molecule has 3 N–H and O–H groups in total. The van der Waals surface area contributed by atoms with Crippen LogP contribution in [0.2, 0.25) is 0 Å². The van der Waals surface area contributed by atoms with E-state index in [4.69, 9.17) is 20.3 Å². The summed E-state index contributed by atoms with van der Waals surface area (Å²) in [6.45, 7) is 4.37. The monoisotopic (exact) mass is 496 g/mol. The molecule has 0 bridgehead atoms. The summed E-state index contributed by atoms with van der Waals surface area (Å²) >= 11 is 1.62. The van der Waals surface area contributed by atoms with Crippen LogP contribution in [-0.4, -0.2) is 16.9 Å². The van der Waals surface area contributed by atoms with Crippen molar-refractivity contribution in [2.75, 3.05) is 0 Å². The van der Waals surface area contributed by atoms with Gasteiger partial charge in [-0.15, -0.1) is 11.3 Å². The largest absolute Gasteiger partial charge is 0.508 e. The smallest absolute Gasteiger partial charge is 0.213 e. The Balaban J connectivity index is 1.42. The third kappa shape index (κ3) is 5.19. The lowest BCUT2D eigenvalue weighted by Gasteiger charge is -2.14. The van der Waals surface area contributed by atoms with Crippen LogP contribution in [0.4, 0.5) is 0 Å². The van der Waals surface area contributed by atoms with Crippen LogP contribution in [0.1, 0.15) is 43.7 Å². The fourth-order valence-electron chi connectivity index (χ4n) is 4.07. The lowest BCUT2D eigenvalue weighted by molar-refractivity contribution is 0.476. The standard InChI is InChI=1S/C30H28N2O3S/c1-18(2)23-5-3-4-6-24(23)29-28(25-15-12-21(33)17-26(25)36-29)34-22-13-7-19(8-14-22)9-16-27(31)35-30(32)20-10-11-20/h3-9,12-18,20,31-33H,10-11H2,1-2H3/b16-9+,31-27?,32-30?. The van der Waals surface area contributed by atoms with Crippen LogP contribution < -0.4 is 4.74 Å². The molecule has 6 heteroatoms. The molecule has 3 aromatic carbocycles. The van der Waals surface area contributed by atoms with Crippen LogP contribution in [0.15, 0.2) is 72.8 Å². The van der Waals surface area contributed by atoms with E-state index in [1.165, 1.54) is 5.56 Å². The van der Waals surface area contributed by atoms with Crippen molar-refractivity contribution in [2.45, 2.75) is 32.6 Å². The number of thiophene rings is 1. The van der Waals surface area contributed by atoms with Gasteiger partial charge in [-0.05, 0) is 71.9 Å². The number of nitrogens with one attached hydrogen (secondary N) is 2. The summed E-state index contributed by atoms with van der Waals surface area (Å²) in [5.41, 5.74) is 3.29. The molecule has 0 amide bonds. The zero-order chi connectivity index (χ0) is 25.2. The molecule has 1 fully saturated rings. The molecule has 5 rings (SSSR count). The molecule has 182 valence electrons. The third-order valence-corrected chi connectivity index (χ3v) is 7.32. The van der Waals surface area contributed by atoms with Gasteiger partial charge in [0.05, 0.1) is 4.88 Å². The molecule has 1 aliphatic carbocycles. The number of fused-ring (bicyclic) bond motifs is 1. The topological polar surface area (TPSA) is 86.4 Å².